The highest BCUT2D eigenvalue weighted by Gasteiger charge is 2.04. The van der Waals surface area contributed by atoms with E-state index in [9.17, 15) is 5.11 Å². The van der Waals surface area contributed by atoms with Crippen molar-refractivity contribution in [2.75, 3.05) is 112 Å². The summed E-state index contributed by atoms with van der Waals surface area (Å²) in [6.45, 7) is 12.8. The van der Waals surface area contributed by atoms with Crippen molar-refractivity contribution in [3.8, 4) is 0 Å². The SMILES string of the molecule is CCCCCCOCC(O)OCCOCCOCCOCCOCCOCCOCCOCC. The molecule has 34 heavy (non-hydrogen) atoms. The highest BCUT2D eigenvalue weighted by molar-refractivity contribution is 4.43. The Hall–Kier alpha value is -0.400. The highest BCUT2D eigenvalue weighted by Crippen LogP contribution is 1.99. The molecule has 0 heterocycles. The minimum Gasteiger partial charge on any atom is -0.379 e. The molecule has 0 aliphatic rings. The van der Waals surface area contributed by atoms with E-state index in [1.807, 2.05) is 6.92 Å². The maximum absolute atomic E-state index is 9.65. The Morgan fingerprint density at radius 1 is 0.441 bits per heavy atom. The molecule has 0 fully saturated rings. The summed E-state index contributed by atoms with van der Waals surface area (Å²) in [6, 6.07) is 0. The largest absolute Gasteiger partial charge is 0.379 e. The van der Waals surface area contributed by atoms with E-state index in [2.05, 4.69) is 6.92 Å². The Labute approximate surface area is 206 Å². The third-order valence-corrected chi connectivity index (χ3v) is 4.38. The first-order chi connectivity index (χ1) is 16.8. The molecule has 0 aromatic heterocycles. The van der Waals surface area contributed by atoms with E-state index in [-0.39, 0.29) is 6.61 Å². The maximum atomic E-state index is 9.65. The fourth-order valence-electron chi connectivity index (χ4n) is 2.57. The number of rotatable bonds is 30. The van der Waals surface area contributed by atoms with Gasteiger partial charge in [0.05, 0.1) is 99.1 Å². The Morgan fingerprint density at radius 2 is 0.853 bits per heavy atom. The molecule has 1 N–H and O–H groups in total. The summed E-state index contributed by atoms with van der Waals surface area (Å²) in [4.78, 5) is 0. The predicted octanol–water partition coefficient (Wildman–Crippen LogP) is 2.05. The van der Waals surface area contributed by atoms with Crippen molar-refractivity contribution in [2.24, 2.45) is 0 Å². The molecule has 0 bridgehead atoms. The van der Waals surface area contributed by atoms with E-state index in [1.165, 1.54) is 12.8 Å². The van der Waals surface area contributed by atoms with Crippen LogP contribution < -0.4 is 0 Å². The van der Waals surface area contributed by atoms with Gasteiger partial charge >= 0.3 is 0 Å². The summed E-state index contributed by atoms with van der Waals surface area (Å²) in [5.74, 6) is 0. The molecule has 0 aromatic carbocycles. The number of ether oxygens (including phenoxy) is 9. The molecule has 10 heteroatoms. The van der Waals surface area contributed by atoms with Crippen molar-refractivity contribution in [3.05, 3.63) is 0 Å². The maximum Gasteiger partial charge on any atom is 0.178 e. The second kappa shape index (κ2) is 30.6. The summed E-state index contributed by atoms with van der Waals surface area (Å²) < 4.78 is 48.2. The van der Waals surface area contributed by atoms with Crippen molar-refractivity contribution >= 4 is 0 Å². The lowest BCUT2D eigenvalue weighted by Crippen LogP contribution is -2.22. The van der Waals surface area contributed by atoms with Gasteiger partial charge in [0.15, 0.2) is 6.29 Å². The molecule has 10 nitrogen and oxygen atoms in total. The third-order valence-electron chi connectivity index (χ3n) is 4.38. The molecule has 1 atom stereocenters. The average Bonchev–Trinajstić information content (AvgIpc) is 2.84. The predicted molar refractivity (Wildman–Crippen MR) is 128 cm³/mol. The fourth-order valence-corrected chi connectivity index (χ4v) is 2.57. The van der Waals surface area contributed by atoms with Gasteiger partial charge in [-0.3, -0.25) is 0 Å². The van der Waals surface area contributed by atoms with Crippen LogP contribution in [0.2, 0.25) is 0 Å². The smallest absolute Gasteiger partial charge is 0.178 e. The Kier molecular flexibility index (Phi) is 30.3. The fraction of sp³-hybridized carbons (Fsp3) is 1.00. The van der Waals surface area contributed by atoms with Gasteiger partial charge in [0, 0.05) is 13.2 Å². The Bertz CT molecular complexity index is 363. The van der Waals surface area contributed by atoms with Gasteiger partial charge in [-0.05, 0) is 13.3 Å². The van der Waals surface area contributed by atoms with Crippen molar-refractivity contribution in [2.45, 2.75) is 45.8 Å². The van der Waals surface area contributed by atoms with E-state index < -0.39 is 6.29 Å². The molecule has 0 saturated carbocycles. The summed E-state index contributed by atoms with van der Waals surface area (Å²) in [7, 11) is 0. The van der Waals surface area contributed by atoms with E-state index in [0.717, 1.165) is 12.8 Å². The number of aliphatic hydroxyl groups is 1. The van der Waals surface area contributed by atoms with Crippen molar-refractivity contribution in [1.29, 1.82) is 0 Å². The summed E-state index contributed by atoms with van der Waals surface area (Å²) >= 11 is 0. The lowest BCUT2D eigenvalue weighted by Gasteiger charge is -2.12. The normalized spacial score (nSPS) is 12.4. The van der Waals surface area contributed by atoms with Crippen LogP contribution in [-0.4, -0.2) is 124 Å². The number of hydrogen-bond donors (Lipinski definition) is 1. The zero-order valence-electron chi connectivity index (χ0n) is 21.5. The minimum atomic E-state index is -0.907. The van der Waals surface area contributed by atoms with Crippen LogP contribution in [0.1, 0.15) is 39.5 Å². The van der Waals surface area contributed by atoms with Crippen LogP contribution in [0.15, 0.2) is 0 Å². The lowest BCUT2D eigenvalue weighted by atomic mass is 10.2. The zero-order chi connectivity index (χ0) is 24.8. The molecule has 0 radical (unpaired) electrons. The van der Waals surface area contributed by atoms with E-state index in [4.69, 9.17) is 42.6 Å². The Morgan fingerprint density at radius 3 is 1.26 bits per heavy atom. The second-order valence-electron chi connectivity index (χ2n) is 7.33. The minimum absolute atomic E-state index is 0.194. The molecular weight excluding hydrogens is 448 g/mol. The summed E-state index contributed by atoms with van der Waals surface area (Å²) in [6.07, 6.45) is 3.69. The molecule has 0 rings (SSSR count). The molecule has 1 unspecified atom stereocenters. The van der Waals surface area contributed by atoms with Gasteiger partial charge in [-0.2, -0.15) is 0 Å². The van der Waals surface area contributed by atoms with Crippen LogP contribution in [0.3, 0.4) is 0 Å². The van der Waals surface area contributed by atoms with Gasteiger partial charge < -0.3 is 47.7 Å². The zero-order valence-corrected chi connectivity index (χ0v) is 21.5. The second-order valence-corrected chi connectivity index (χ2v) is 7.33. The van der Waals surface area contributed by atoms with Crippen LogP contribution in [0.25, 0.3) is 0 Å². The molecular formula is C24H50O10. The summed E-state index contributed by atoms with van der Waals surface area (Å²) in [5.41, 5.74) is 0. The molecule has 0 amide bonds. The van der Waals surface area contributed by atoms with Gasteiger partial charge in [-0.1, -0.05) is 26.2 Å². The Balaban J connectivity index is 3.08. The first kappa shape index (κ1) is 33.6. The van der Waals surface area contributed by atoms with Crippen LogP contribution >= 0.6 is 0 Å². The van der Waals surface area contributed by atoms with E-state index >= 15 is 0 Å². The topological polar surface area (TPSA) is 103 Å². The monoisotopic (exact) mass is 498 g/mol. The number of aliphatic hydroxyl groups excluding tert-OH is 1. The quantitative estimate of drug-likeness (QED) is 0.117. The number of unbranched alkanes of at least 4 members (excludes halogenated alkanes) is 3. The number of hydrogen-bond acceptors (Lipinski definition) is 10. The first-order valence-corrected chi connectivity index (χ1v) is 12.7. The van der Waals surface area contributed by atoms with Gasteiger partial charge in [0.2, 0.25) is 0 Å². The molecule has 0 saturated heterocycles. The van der Waals surface area contributed by atoms with Crippen LogP contribution in [0, 0.1) is 0 Å². The molecule has 0 aromatic rings. The van der Waals surface area contributed by atoms with Crippen LogP contribution in [0.5, 0.6) is 0 Å². The highest BCUT2D eigenvalue weighted by atomic mass is 16.6. The molecule has 206 valence electrons. The summed E-state index contributed by atoms with van der Waals surface area (Å²) in [5, 5.41) is 9.65. The standard InChI is InChI=1S/C24H50O10/c1-3-5-6-7-8-33-23-24(25)34-22-21-32-20-19-31-18-17-30-16-15-29-14-13-28-12-11-27-10-9-26-4-2/h24-25H,3-23H2,1-2H3. The average molecular weight is 499 g/mol. The van der Waals surface area contributed by atoms with Crippen molar-refractivity contribution in [3.63, 3.8) is 0 Å². The van der Waals surface area contributed by atoms with E-state index in [1.54, 1.807) is 0 Å². The van der Waals surface area contributed by atoms with Gasteiger partial charge in [0.25, 0.3) is 0 Å². The van der Waals surface area contributed by atoms with Gasteiger partial charge in [0.1, 0.15) is 0 Å². The first-order valence-electron chi connectivity index (χ1n) is 12.7. The van der Waals surface area contributed by atoms with Crippen molar-refractivity contribution in [1.82, 2.24) is 0 Å². The van der Waals surface area contributed by atoms with Crippen LogP contribution in [0.4, 0.5) is 0 Å². The van der Waals surface area contributed by atoms with Crippen LogP contribution in [-0.2, 0) is 42.6 Å². The molecule has 0 aliphatic carbocycles. The van der Waals surface area contributed by atoms with Crippen molar-refractivity contribution < 1.29 is 47.7 Å². The van der Waals surface area contributed by atoms with Gasteiger partial charge in [-0.15, -0.1) is 0 Å². The van der Waals surface area contributed by atoms with E-state index in [0.29, 0.717) is 106 Å². The lowest BCUT2D eigenvalue weighted by molar-refractivity contribution is -0.147. The molecule has 0 aliphatic heterocycles. The van der Waals surface area contributed by atoms with Gasteiger partial charge in [-0.25, -0.2) is 0 Å². The molecule has 0 spiro atoms. The third kappa shape index (κ3) is 29.6.